The van der Waals surface area contributed by atoms with Crippen LogP contribution in [-0.2, 0) is 6.42 Å². The van der Waals surface area contributed by atoms with Gasteiger partial charge in [-0.2, -0.15) is 0 Å². The third kappa shape index (κ3) is 4.28. The summed E-state index contributed by atoms with van der Waals surface area (Å²) in [6.07, 6.45) is 6.81. The zero-order chi connectivity index (χ0) is 27.9. The van der Waals surface area contributed by atoms with Crippen molar-refractivity contribution < 1.29 is 4.74 Å². The molecule has 1 aliphatic rings. The van der Waals surface area contributed by atoms with Crippen molar-refractivity contribution in [3.05, 3.63) is 150 Å². The molecule has 0 fully saturated rings. The molecule has 1 aliphatic heterocycles. The predicted molar refractivity (Wildman–Crippen MR) is 171 cm³/mol. The van der Waals surface area contributed by atoms with Crippen LogP contribution in [0.4, 0.5) is 17.1 Å². The van der Waals surface area contributed by atoms with Gasteiger partial charge in [-0.1, -0.05) is 72.8 Å². The normalized spacial score (nSPS) is 12.2. The summed E-state index contributed by atoms with van der Waals surface area (Å²) < 4.78 is 6.38. The van der Waals surface area contributed by atoms with Crippen molar-refractivity contribution in [3.63, 3.8) is 0 Å². The molecule has 0 atom stereocenters. The van der Waals surface area contributed by atoms with Gasteiger partial charge in [-0.15, -0.1) is 0 Å². The van der Waals surface area contributed by atoms with E-state index in [1.165, 1.54) is 10.8 Å². The molecule has 1 N–H and O–H groups in total. The van der Waals surface area contributed by atoms with Crippen molar-refractivity contribution in [2.75, 3.05) is 4.90 Å². The Labute approximate surface area is 243 Å². The van der Waals surface area contributed by atoms with Crippen LogP contribution in [0, 0.1) is 0 Å². The minimum absolute atomic E-state index is 0.553. The molecule has 3 aromatic heterocycles. The summed E-state index contributed by atoms with van der Waals surface area (Å²) >= 11 is 0. The highest BCUT2D eigenvalue weighted by molar-refractivity contribution is 6.13. The smallest absolute Gasteiger partial charge is 0.219 e. The number of para-hydroxylation sites is 3. The van der Waals surface area contributed by atoms with E-state index in [0.29, 0.717) is 12.3 Å². The van der Waals surface area contributed by atoms with Crippen LogP contribution >= 0.6 is 0 Å². The van der Waals surface area contributed by atoms with Gasteiger partial charge in [0.25, 0.3) is 0 Å². The maximum absolute atomic E-state index is 6.38. The lowest BCUT2D eigenvalue weighted by Gasteiger charge is -2.28. The predicted octanol–water partition coefficient (Wildman–Crippen LogP) is 9.45. The molecule has 0 saturated carbocycles. The van der Waals surface area contributed by atoms with Gasteiger partial charge in [0.05, 0.1) is 28.3 Å². The highest BCUT2D eigenvalue weighted by atomic mass is 16.5. The highest BCUT2D eigenvalue weighted by Gasteiger charge is 2.23. The van der Waals surface area contributed by atoms with Gasteiger partial charge in [0.2, 0.25) is 5.88 Å². The molecule has 5 nitrogen and oxygen atoms in total. The zero-order valence-corrected chi connectivity index (χ0v) is 22.7. The Morgan fingerprint density at radius 3 is 2.31 bits per heavy atom. The first-order chi connectivity index (χ1) is 20.8. The molecule has 7 aromatic rings. The molecule has 5 heteroatoms. The minimum atomic E-state index is 0.553. The number of H-pyrrole nitrogens is 1. The van der Waals surface area contributed by atoms with E-state index >= 15 is 0 Å². The van der Waals surface area contributed by atoms with Gasteiger partial charge in [0.1, 0.15) is 5.75 Å². The minimum Gasteiger partial charge on any atom is -0.439 e. The molecule has 0 bridgehead atoms. The molecule has 0 aliphatic carbocycles. The summed E-state index contributed by atoms with van der Waals surface area (Å²) in [5.74, 6) is 1.27. The number of fused-ring (bicyclic) bond motifs is 5. The van der Waals surface area contributed by atoms with Crippen LogP contribution in [0.1, 0.15) is 22.5 Å². The van der Waals surface area contributed by atoms with Crippen molar-refractivity contribution in [3.8, 4) is 11.6 Å². The molecule has 8 rings (SSSR count). The Kier molecular flexibility index (Phi) is 5.78. The average molecular weight is 543 g/mol. The van der Waals surface area contributed by atoms with Crippen LogP contribution in [0.3, 0.4) is 0 Å². The van der Waals surface area contributed by atoms with Crippen LogP contribution in [0.15, 0.2) is 128 Å². The molecule has 0 spiro atoms. The van der Waals surface area contributed by atoms with E-state index in [2.05, 4.69) is 106 Å². The maximum Gasteiger partial charge on any atom is 0.219 e. The third-order valence-corrected chi connectivity index (χ3v) is 7.72. The Morgan fingerprint density at radius 1 is 0.619 bits per heavy atom. The lowest BCUT2D eigenvalue weighted by molar-refractivity contribution is 0.461. The van der Waals surface area contributed by atoms with Crippen molar-refractivity contribution in [1.29, 1.82) is 0 Å². The van der Waals surface area contributed by atoms with E-state index in [1.807, 2.05) is 42.5 Å². The van der Waals surface area contributed by atoms with Crippen LogP contribution in [0.2, 0.25) is 0 Å². The van der Waals surface area contributed by atoms with Crippen molar-refractivity contribution in [2.24, 2.45) is 0 Å². The largest absolute Gasteiger partial charge is 0.439 e. The first-order valence-corrected chi connectivity index (χ1v) is 14.0. The monoisotopic (exact) mass is 542 g/mol. The molecule has 0 saturated heterocycles. The van der Waals surface area contributed by atoms with Crippen LogP contribution < -0.4 is 9.64 Å². The summed E-state index contributed by atoms with van der Waals surface area (Å²) in [4.78, 5) is 15.2. The molecule has 200 valence electrons. The number of hydrogen-bond donors (Lipinski definition) is 1. The zero-order valence-electron chi connectivity index (χ0n) is 22.7. The number of hydrogen-bond acceptors (Lipinski definition) is 4. The SMILES string of the molecule is C1=Cc2ccc(Oc3cccc(Cc4ccccn4)n3)cc2N(c2cccc3c2[nH]c2ccccc23)c2ccccc21. The van der Waals surface area contributed by atoms with E-state index in [4.69, 9.17) is 9.72 Å². The molecule has 42 heavy (non-hydrogen) atoms. The summed E-state index contributed by atoms with van der Waals surface area (Å²) in [5, 5.41) is 2.41. The topological polar surface area (TPSA) is 54.0 Å². The second kappa shape index (κ2) is 10.1. The summed E-state index contributed by atoms with van der Waals surface area (Å²) in [6, 6.07) is 41.5. The average Bonchev–Trinajstić information content (AvgIpc) is 3.33. The Bertz CT molecular complexity index is 2110. The first kappa shape index (κ1) is 24.1. The van der Waals surface area contributed by atoms with Crippen molar-refractivity contribution in [2.45, 2.75) is 6.42 Å². The van der Waals surface area contributed by atoms with Gasteiger partial charge in [-0.05, 0) is 59.7 Å². The van der Waals surface area contributed by atoms with Gasteiger partial charge in [0.15, 0.2) is 0 Å². The molecule has 0 unspecified atom stereocenters. The highest BCUT2D eigenvalue weighted by Crippen LogP contribution is 2.46. The summed E-state index contributed by atoms with van der Waals surface area (Å²) in [5.41, 5.74) is 9.55. The number of nitrogens with zero attached hydrogens (tertiary/aromatic N) is 3. The van der Waals surface area contributed by atoms with Crippen LogP contribution in [-0.4, -0.2) is 15.0 Å². The van der Waals surface area contributed by atoms with Crippen LogP contribution in [0.25, 0.3) is 34.0 Å². The number of pyridine rings is 2. The second-order valence-electron chi connectivity index (χ2n) is 10.4. The first-order valence-electron chi connectivity index (χ1n) is 14.0. The van der Waals surface area contributed by atoms with Gasteiger partial charge < -0.3 is 14.6 Å². The number of aromatic amines is 1. The number of ether oxygens (including phenoxy) is 1. The lowest BCUT2D eigenvalue weighted by atomic mass is 10.1. The number of aromatic nitrogens is 3. The van der Waals surface area contributed by atoms with Gasteiger partial charge >= 0.3 is 0 Å². The third-order valence-electron chi connectivity index (χ3n) is 7.72. The second-order valence-corrected chi connectivity index (χ2v) is 10.4. The molecular formula is C37H26N4O. The van der Waals surface area contributed by atoms with E-state index < -0.39 is 0 Å². The lowest BCUT2D eigenvalue weighted by Crippen LogP contribution is -2.12. The van der Waals surface area contributed by atoms with Crippen molar-refractivity contribution in [1.82, 2.24) is 15.0 Å². The van der Waals surface area contributed by atoms with Gasteiger partial charge in [0, 0.05) is 46.7 Å². The van der Waals surface area contributed by atoms with Crippen LogP contribution in [0.5, 0.6) is 11.6 Å². The van der Waals surface area contributed by atoms with E-state index in [9.17, 15) is 0 Å². The fourth-order valence-electron chi connectivity index (χ4n) is 5.79. The summed E-state index contributed by atoms with van der Waals surface area (Å²) in [6.45, 7) is 0. The molecule has 0 amide bonds. The van der Waals surface area contributed by atoms with Gasteiger partial charge in [-0.3, -0.25) is 4.98 Å². The van der Waals surface area contributed by atoms with Crippen molar-refractivity contribution >= 4 is 51.0 Å². The molecule has 4 heterocycles. The Hall–Kier alpha value is -5.68. The molecular weight excluding hydrogens is 516 g/mol. The fourth-order valence-corrected chi connectivity index (χ4v) is 5.79. The van der Waals surface area contributed by atoms with E-state index in [-0.39, 0.29) is 0 Å². The molecule has 4 aromatic carbocycles. The molecule has 0 radical (unpaired) electrons. The number of benzene rings is 4. The van der Waals surface area contributed by atoms with E-state index in [1.54, 1.807) is 6.20 Å². The fraction of sp³-hybridized carbons (Fsp3) is 0.0270. The number of rotatable bonds is 5. The summed E-state index contributed by atoms with van der Waals surface area (Å²) in [7, 11) is 0. The number of anilines is 3. The standard InChI is InChI=1S/C37H26N4O/c1-4-15-33-25(9-1)18-19-26-20-21-29(42-36-17-7-11-28(39-36)23-27-10-5-6-22-38-27)24-35(26)41(33)34-16-8-13-31-30-12-2-3-14-32(30)40-37(31)34/h1-22,24,40H,23H2. The maximum atomic E-state index is 6.38. The van der Waals surface area contributed by atoms with Gasteiger partial charge in [-0.25, -0.2) is 4.98 Å². The Balaban J connectivity index is 1.24. The quantitative estimate of drug-likeness (QED) is 0.235. The van der Waals surface area contributed by atoms with E-state index in [0.717, 1.165) is 56.4 Å². The number of nitrogens with one attached hydrogen (secondary N) is 1. The Morgan fingerprint density at radius 2 is 1.38 bits per heavy atom.